The van der Waals surface area contributed by atoms with Crippen molar-refractivity contribution in [3.63, 3.8) is 0 Å². The minimum atomic E-state index is -0.543. The lowest BCUT2D eigenvalue weighted by Crippen LogP contribution is -2.60. The molecule has 1 unspecified atom stereocenters. The van der Waals surface area contributed by atoms with Crippen molar-refractivity contribution >= 4 is 0 Å². The van der Waals surface area contributed by atoms with E-state index in [-0.39, 0.29) is 5.41 Å². The molecular weight excluding hydrogens is 212 g/mol. The summed E-state index contributed by atoms with van der Waals surface area (Å²) >= 11 is 0. The maximum absolute atomic E-state index is 11.1. The Hall–Kier alpha value is -0.120. The van der Waals surface area contributed by atoms with E-state index in [2.05, 4.69) is 11.9 Å². The van der Waals surface area contributed by atoms with Gasteiger partial charge in [-0.15, -0.1) is 0 Å². The number of rotatable bonds is 2. The maximum Gasteiger partial charge on any atom is 0.0842 e. The third-order valence-corrected chi connectivity index (χ3v) is 5.10. The molecule has 3 nitrogen and oxygen atoms in total. The molecule has 17 heavy (non-hydrogen) atoms. The summed E-state index contributed by atoms with van der Waals surface area (Å²) in [6.45, 7) is 2.57. The highest BCUT2D eigenvalue weighted by atomic mass is 16.3. The second kappa shape index (κ2) is 5.25. The largest absolute Gasteiger partial charge is 0.388 e. The number of β-amino-alcohol motifs (C(OH)–C–C–N with tert-alkyl or cyclic N) is 1. The number of hydrogen-bond acceptors (Lipinski definition) is 3. The molecule has 2 rings (SSSR count). The zero-order valence-corrected chi connectivity index (χ0v) is 11.2. The van der Waals surface area contributed by atoms with E-state index in [0.717, 1.165) is 38.8 Å². The normalized spacial score (nSPS) is 35.5. The Bertz CT molecular complexity index is 249. The standard InChI is InChI=1S/C14H28N2O/c1-16-10-6-9-14(17,12-16)13(11-15)7-4-2-3-5-8-13/h17H,2-12,15H2,1H3. The van der Waals surface area contributed by atoms with Crippen LogP contribution in [-0.4, -0.2) is 42.3 Å². The molecule has 1 aliphatic carbocycles. The fourth-order valence-corrected chi connectivity index (χ4v) is 3.94. The second-order valence-corrected chi connectivity index (χ2v) is 6.27. The SMILES string of the molecule is CN1CCCC(O)(C2(CN)CCCCCC2)C1. The van der Waals surface area contributed by atoms with E-state index >= 15 is 0 Å². The van der Waals surface area contributed by atoms with Crippen LogP contribution in [0.5, 0.6) is 0 Å². The monoisotopic (exact) mass is 240 g/mol. The zero-order chi connectivity index (χ0) is 12.4. The summed E-state index contributed by atoms with van der Waals surface area (Å²) in [6, 6.07) is 0. The summed E-state index contributed by atoms with van der Waals surface area (Å²) < 4.78 is 0. The predicted molar refractivity (Wildman–Crippen MR) is 70.9 cm³/mol. The smallest absolute Gasteiger partial charge is 0.0842 e. The molecule has 0 spiro atoms. The minimum Gasteiger partial charge on any atom is -0.388 e. The first-order valence-electron chi connectivity index (χ1n) is 7.23. The van der Waals surface area contributed by atoms with Gasteiger partial charge in [0.1, 0.15) is 0 Å². The number of likely N-dealkylation sites (N-methyl/N-ethyl adjacent to an activating group) is 1. The van der Waals surface area contributed by atoms with Crippen LogP contribution in [0.2, 0.25) is 0 Å². The van der Waals surface area contributed by atoms with Gasteiger partial charge in [-0.1, -0.05) is 25.7 Å². The molecule has 3 heteroatoms. The third kappa shape index (κ3) is 2.51. The average Bonchev–Trinajstić information content (AvgIpc) is 2.55. The van der Waals surface area contributed by atoms with Gasteiger partial charge in [-0.3, -0.25) is 0 Å². The molecule has 1 heterocycles. The maximum atomic E-state index is 11.1. The molecule has 1 saturated heterocycles. The first-order chi connectivity index (χ1) is 8.12. The summed E-state index contributed by atoms with van der Waals surface area (Å²) in [7, 11) is 2.12. The van der Waals surface area contributed by atoms with Crippen molar-refractivity contribution in [2.24, 2.45) is 11.1 Å². The molecule has 0 amide bonds. The van der Waals surface area contributed by atoms with Crippen molar-refractivity contribution < 1.29 is 5.11 Å². The van der Waals surface area contributed by atoms with Gasteiger partial charge in [0.25, 0.3) is 0 Å². The Morgan fingerprint density at radius 1 is 1.06 bits per heavy atom. The molecule has 0 aromatic carbocycles. The van der Waals surface area contributed by atoms with Gasteiger partial charge in [-0.2, -0.15) is 0 Å². The van der Waals surface area contributed by atoms with Gasteiger partial charge in [0.15, 0.2) is 0 Å². The summed E-state index contributed by atoms with van der Waals surface area (Å²) in [6.07, 6.45) is 9.39. The first-order valence-corrected chi connectivity index (χ1v) is 7.23. The number of aliphatic hydroxyl groups is 1. The molecule has 1 atom stereocenters. The van der Waals surface area contributed by atoms with Crippen LogP contribution in [0.4, 0.5) is 0 Å². The van der Waals surface area contributed by atoms with Crippen LogP contribution >= 0.6 is 0 Å². The van der Waals surface area contributed by atoms with Crippen molar-refractivity contribution in [1.82, 2.24) is 4.90 Å². The first kappa shape index (κ1) is 13.3. The summed E-state index contributed by atoms with van der Waals surface area (Å²) in [4.78, 5) is 2.27. The van der Waals surface area contributed by atoms with Gasteiger partial charge in [0, 0.05) is 18.5 Å². The summed E-state index contributed by atoms with van der Waals surface area (Å²) in [5.41, 5.74) is 5.53. The predicted octanol–water partition coefficient (Wildman–Crippen LogP) is 1.74. The molecule has 2 fully saturated rings. The second-order valence-electron chi connectivity index (χ2n) is 6.27. The molecule has 1 saturated carbocycles. The Kier molecular flexibility index (Phi) is 4.11. The molecule has 100 valence electrons. The van der Waals surface area contributed by atoms with Gasteiger partial charge in [0.05, 0.1) is 5.60 Å². The van der Waals surface area contributed by atoms with Crippen molar-refractivity contribution in [1.29, 1.82) is 0 Å². The molecular formula is C14H28N2O. The van der Waals surface area contributed by atoms with E-state index in [1.807, 2.05) is 0 Å². The lowest BCUT2D eigenvalue weighted by molar-refractivity contribution is -0.126. The van der Waals surface area contributed by atoms with Crippen molar-refractivity contribution in [2.75, 3.05) is 26.7 Å². The van der Waals surface area contributed by atoms with Crippen molar-refractivity contribution in [3.8, 4) is 0 Å². The van der Waals surface area contributed by atoms with Crippen molar-refractivity contribution in [3.05, 3.63) is 0 Å². The van der Waals surface area contributed by atoms with E-state index in [9.17, 15) is 5.11 Å². The van der Waals surface area contributed by atoms with Crippen LogP contribution in [-0.2, 0) is 0 Å². The highest BCUT2D eigenvalue weighted by molar-refractivity contribution is 5.03. The molecule has 0 radical (unpaired) electrons. The van der Waals surface area contributed by atoms with E-state index in [1.54, 1.807) is 0 Å². The lowest BCUT2D eigenvalue weighted by atomic mass is 9.64. The molecule has 3 N–H and O–H groups in total. The quantitative estimate of drug-likeness (QED) is 0.723. The van der Waals surface area contributed by atoms with Crippen LogP contribution in [0.15, 0.2) is 0 Å². The van der Waals surface area contributed by atoms with Crippen LogP contribution in [0, 0.1) is 5.41 Å². The van der Waals surface area contributed by atoms with Crippen LogP contribution < -0.4 is 5.73 Å². The summed E-state index contributed by atoms with van der Waals surface area (Å²) in [5, 5.41) is 11.1. The Morgan fingerprint density at radius 2 is 1.71 bits per heavy atom. The Labute approximate surface area is 105 Å². The van der Waals surface area contributed by atoms with Gasteiger partial charge in [-0.25, -0.2) is 0 Å². The number of nitrogens with two attached hydrogens (primary N) is 1. The fourth-order valence-electron chi connectivity index (χ4n) is 3.94. The molecule has 0 bridgehead atoms. The van der Waals surface area contributed by atoms with Gasteiger partial charge < -0.3 is 15.7 Å². The van der Waals surface area contributed by atoms with E-state index < -0.39 is 5.60 Å². The van der Waals surface area contributed by atoms with Crippen LogP contribution in [0.25, 0.3) is 0 Å². The Balaban J connectivity index is 2.19. The van der Waals surface area contributed by atoms with E-state index in [4.69, 9.17) is 5.73 Å². The number of piperidine rings is 1. The Morgan fingerprint density at radius 3 is 2.24 bits per heavy atom. The number of likely N-dealkylation sites (tertiary alicyclic amines) is 1. The van der Waals surface area contributed by atoms with Gasteiger partial charge in [-0.05, 0) is 39.3 Å². The van der Waals surface area contributed by atoms with E-state index in [1.165, 1.54) is 25.7 Å². The van der Waals surface area contributed by atoms with Gasteiger partial charge >= 0.3 is 0 Å². The highest BCUT2D eigenvalue weighted by Gasteiger charge is 2.50. The van der Waals surface area contributed by atoms with Crippen LogP contribution in [0.3, 0.4) is 0 Å². The molecule has 1 aliphatic heterocycles. The molecule has 0 aromatic heterocycles. The highest BCUT2D eigenvalue weighted by Crippen LogP contribution is 2.46. The topological polar surface area (TPSA) is 49.5 Å². The fraction of sp³-hybridized carbons (Fsp3) is 1.00. The van der Waals surface area contributed by atoms with Gasteiger partial charge in [0.2, 0.25) is 0 Å². The zero-order valence-electron chi connectivity index (χ0n) is 11.2. The van der Waals surface area contributed by atoms with Crippen molar-refractivity contribution in [2.45, 2.75) is 57.0 Å². The number of hydrogen-bond donors (Lipinski definition) is 2. The molecule has 0 aromatic rings. The van der Waals surface area contributed by atoms with Crippen LogP contribution in [0.1, 0.15) is 51.4 Å². The third-order valence-electron chi connectivity index (χ3n) is 5.10. The lowest BCUT2D eigenvalue weighted by Gasteiger charge is -2.51. The minimum absolute atomic E-state index is 0.0157. The number of nitrogens with zero attached hydrogens (tertiary/aromatic N) is 1. The summed E-state index contributed by atoms with van der Waals surface area (Å²) in [5.74, 6) is 0. The van der Waals surface area contributed by atoms with E-state index in [0.29, 0.717) is 6.54 Å². The average molecular weight is 240 g/mol. The molecule has 2 aliphatic rings.